The van der Waals surface area contributed by atoms with Crippen LogP contribution in [0.15, 0.2) is 71.9 Å². The van der Waals surface area contributed by atoms with E-state index in [1.165, 1.54) is 35.2 Å². The van der Waals surface area contributed by atoms with Crippen LogP contribution in [-0.4, -0.2) is 47.2 Å². The molecule has 1 aliphatic heterocycles. The smallest absolute Gasteiger partial charge is 0.406 e. The summed E-state index contributed by atoms with van der Waals surface area (Å²) >= 11 is 0. The summed E-state index contributed by atoms with van der Waals surface area (Å²) in [5.41, 5.74) is 1.99. The molecule has 4 aromatic rings. The molecule has 7 nitrogen and oxygen atoms in total. The van der Waals surface area contributed by atoms with Crippen LogP contribution in [-0.2, 0) is 4.74 Å². The van der Waals surface area contributed by atoms with Gasteiger partial charge in [0.15, 0.2) is 0 Å². The van der Waals surface area contributed by atoms with Gasteiger partial charge in [-0.15, -0.1) is 13.2 Å². The van der Waals surface area contributed by atoms with Crippen molar-refractivity contribution >= 4 is 16.7 Å². The number of aromatic nitrogens is 3. The Balaban J connectivity index is 1.47. The maximum Gasteiger partial charge on any atom is 0.573 e. The van der Waals surface area contributed by atoms with Gasteiger partial charge in [0, 0.05) is 18.7 Å². The Bertz CT molecular complexity index is 1360. The predicted octanol–water partition coefficient (Wildman–Crippen LogP) is 4.18. The first-order chi connectivity index (χ1) is 16.4. The molecule has 5 rings (SSSR count). The third-order valence-electron chi connectivity index (χ3n) is 5.53. The van der Waals surface area contributed by atoms with Gasteiger partial charge < -0.3 is 14.4 Å². The lowest BCUT2D eigenvalue weighted by Gasteiger charge is -2.27. The lowest BCUT2D eigenvalue weighted by Crippen LogP contribution is -2.36. The Hall–Kier alpha value is -3.92. The molecular weight excluding hydrogens is 449 g/mol. The molecule has 0 radical (unpaired) electrons. The average Bonchev–Trinajstić information content (AvgIpc) is 2.84. The van der Waals surface area contributed by atoms with Gasteiger partial charge in [-0.05, 0) is 35.9 Å². The maximum absolute atomic E-state index is 13.2. The molecule has 1 fully saturated rings. The molecular formula is C24H19F3N4O3. The standard InChI is InChI=1S/C24H19F3N4O3/c25-24(26,27)34-18-7-4-16(5-8-18)19-2-1-3-20-22(19)29-15-31(23(20)32)17-6-9-21(28-14-17)30-10-12-33-13-11-30/h1-9,14-15H,10-13H2. The number of fused-ring (bicyclic) bond motifs is 1. The second-order valence-corrected chi connectivity index (χ2v) is 7.67. The van der Waals surface area contributed by atoms with E-state index >= 15 is 0 Å². The van der Waals surface area contributed by atoms with Crippen molar-refractivity contribution in [3.8, 4) is 22.6 Å². The molecule has 1 saturated heterocycles. The molecule has 10 heteroatoms. The molecule has 0 saturated carbocycles. The number of nitrogens with zero attached hydrogens (tertiary/aromatic N) is 4. The Morgan fingerprint density at radius 2 is 1.71 bits per heavy atom. The van der Waals surface area contributed by atoms with E-state index in [0.29, 0.717) is 40.9 Å². The average molecular weight is 468 g/mol. The van der Waals surface area contributed by atoms with Crippen molar-refractivity contribution in [2.75, 3.05) is 31.2 Å². The summed E-state index contributed by atoms with van der Waals surface area (Å²) in [5.74, 6) is 0.494. The van der Waals surface area contributed by atoms with E-state index in [4.69, 9.17) is 4.74 Å². The summed E-state index contributed by atoms with van der Waals surface area (Å²) in [4.78, 5) is 24.3. The number of alkyl halides is 3. The molecule has 0 spiro atoms. The molecule has 0 amide bonds. The fraction of sp³-hybridized carbons (Fsp3) is 0.208. The van der Waals surface area contributed by atoms with Crippen molar-refractivity contribution in [1.29, 1.82) is 0 Å². The molecule has 0 N–H and O–H groups in total. The van der Waals surface area contributed by atoms with Gasteiger partial charge in [0.05, 0.1) is 36.0 Å². The fourth-order valence-electron chi connectivity index (χ4n) is 3.91. The zero-order chi connectivity index (χ0) is 23.7. The van der Waals surface area contributed by atoms with E-state index in [1.54, 1.807) is 24.4 Å². The molecule has 2 aromatic carbocycles. The first kappa shape index (κ1) is 21.9. The summed E-state index contributed by atoms with van der Waals surface area (Å²) in [5, 5.41) is 0.382. The molecule has 0 atom stereocenters. The largest absolute Gasteiger partial charge is 0.573 e. The van der Waals surface area contributed by atoms with Crippen molar-refractivity contribution in [2.24, 2.45) is 0 Å². The van der Waals surface area contributed by atoms with Crippen LogP contribution in [0.2, 0.25) is 0 Å². The molecule has 1 aliphatic rings. The highest BCUT2D eigenvalue weighted by molar-refractivity contribution is 5.93. The minimum atomic E-state index is -4.76. The number of halogens is 3. The molecule has 0 aliphatic carbocycles. The van der Waals surface area contributed by atoms with Crippen LogP contribution in [0, 0.1) is 0 Å². The normalized spacial score (nSPS) is 14.4. The van der Waals surface area contributed by atoms with Gasteiger partial charge >= 0.3 is 6.36 Å². The Morgan fingerprint density at radius 1 is 0.941 bits per heavy atom. The molecule has 3 heterocycles. The van der Waals surface area contributed by atoms with E-state index in [9.17, 15) is 18.0 Å². The van der Waals surface area contributed by atoms with Gasteiger partial charge in [-0.3, -0.25) is 9.36 Å². The third kappa shape index (κ3) is 4.44. The number of ether oxygens (including phenoxy) is 2. The number of hydrogen-bond acceptors (Lipinski definition) is 6. The summed E-state index contributed by atoms with van der Waals surface area (Å²) in [7, 11) is 0. The number of pyridine rings is 1. The van der Waals surface area contributed by atoms with Crippen molar-refractivity contribution in [2.45, 2.75) is 6.36 Å². The first-order valence-electron chi connectivity index (χ1n) is 10.5. The van der Waals surface area contributed by atoms with Crippen LogP contribution < -0.4 is 15.2 Å². The summed E-state index contributed by atoms with van der Waals surface area (Å²) in [6.45, 7) is 2.82. The Kier molecular flexibility index (Phi) is 5.66. The van der Waals surface area contributed by atoms with E-state index in [-0.39, 0.29) is 11.3 Å². The second kappa shape index (κ2) is 8.79. The molecule has 174 valence electrons. The van der Waals surface area contributed by atoms with E-state index < -0.39 is 6.36 Å². The van der Waals surface area contributed by atoms with E-state index in [0.717, 1.165) is 18.9 Å². The van der Waals surface area contributed by atoms with Gasteiger partial charge in [-0.25, -0.2) is 9.97 Å². The van der Waals surface area contributed by atoms with Crippen LogP contribution in [0.25, 0.3) is 27.7 Å². The zero-order valence-corrected chi connectivity index (χ0v) is 17.8. The predicted molar refractivity (Wildman–Crippen MR) is 120 cm³/mol. The SMILES string of the molecule is O=c1c2cccc(-c3ccc(OC(F)(F)F)cc3)c2ncn1-c1ccc(N2CCOCC2)nc1. The lowest BCUT2D eigenvalue weighted by atomic mass is 10.0. The van der Waals surface area contributed by atoms with Crippen molar-refractivity contribution in [1.82, 2.24) is 14.5 Å². The van der Waals surface area contributed by atoms with Crippen LogP contribution in [0.4, 0.5) is 19.0 Å². The van der Waals surface area contributed by atoms with Gasteiger partial charge in [0.1, 0.15) is 17.9 Å². The first-order valence-corrected chi connectivity index (χ1v) is 10.5. The van der Waals surface area contributed by atoms with Crippen molar-refractivity contribution < 1.29 is 22.6 Å². The maximum atomic E-state index is 13.2. The quantitative estimate of drug-likeness (QED) is 0.448. The summed E-state index contributed by atoms with van der Waals surface area (Å²) in [6.07, 6.45) is -1.70. The molecule has 34 heavy (non-hydrogen) atoms. The second-order valence-electron chi connectivity index (χ2n) is 7.67. The highest BCUT2D eigenvalue weighted by Gasteiger charge is 2.31. The van der Waals surface area contributed by atoms with Gasteiger partial charge in [-0.1, -0.05) is 24.3 Å². The van der Waals surface area contributed by atoms with Gasteiger partial charge in [0.25, 0.3) is 5.56 Å². The van der Waals surface area contributed by atoms with Gasteiger partial charge in [-0.2, -0.15) is 0 Å². The van der Waals surface area contributed by atoms with Gasteiger partial charge in [0.2, 0.25) is 0 Å². The number of benzene rings is 2. The number of anilines is 1. The molecule has 2 aromatic heterocycles. The van der Waals surface area contributed by atoms with Crippen LogP contribution in [0.1, 0.15) is 0 Å². The van der Waals surface area contributed by atoms with E-state index in [2.05, 4.69) is 19.6 Å². The summed E-state index contributed by atoms with van der Waals surface area (Å²) < 4.78 is 48.0. The minimum absolute atomic E-state index is 0.273. The number of morpholine rings is 1. The van der Waals surface area contributed by atoms with Crippen molar-refractivity contribution in [3.63, 3.8) is 0 Å². The lowest BCUT2D eigenvalue weighted by molar-refractivity contribution is -0.274. The Morgan fingerprint density at radius 3 is 2.38 bits per heavy atom. The highest BCUT2D eigenvalue weighted by atomic mass is 19.4. The van der Waals surface area contributed by atoms with Crippen LogP contribution >= 0.6 is 0 Å². The number of rotatable bonds is 4. The van der Waals surface area contributed by atoms with Crippen LogP contribution in [0.3, 0.4) is 0 Å². The molecule has 0 bridgehead atoms. The van der Waals surface area contributed by atoms with E-state index in [1.807, 2.05) is 12.1 Å². The fourth-order valence-corrected chi connectivity index (χ4v) is 3.91. The number of hydrogen-bond donors (Lipinski definition) is 0. The Labute approximate surface area is 192 Å². The summed E-state index contributed by atoms with van der Waals surface area (Å²) in [6, 6.07) is 14.3. The zero-order valence-electron chi connectivity index (χ0n) is 17.8. The highest BCUT2D eigenvalue weighted by Crippen LogP contribution is 2.29. The third-order valence-corrected chi connectivity index (χ3v) is 5.53. The van der Waals surface area contributed by atoms with Crippen LogP contribution in [0.5, 0.6) is 5.75 Å². The molecule has 0 unspecified atom stereocenters. The van der Waals surface area contributed by atoms with Crippen molar-refractivity contribution in [3.05, 3.63) is 77.5 Å². The topological polar surface area (TPSA) is 69.5 Å². The minimum Gasteiger partial charge on any atom is -0.406 e. The monoisotopic (exact) mass is 468 g/mol. The number of para-hydroxylation sites is 1.